The molecule has 1 aromatic heterocycles. The van der Waals surface area contributed by atoms with Gasteiger partial charge in [0.1, 0.15) is 0 Å². The Labute approximate surface area is 117 Å². The van der Waals surface area contributed by atoms with E-state index in [2.05, 4.69) is 59.0 Å². The smallest absolute Gasteiger partial charge is 0.0799 e. The maximum absolute atomic E-state index is 5.74. The summed E-state index contributed by atoms with van der Waals surface area (Å²) in [4.78, 5) is 2.45. The summed E-state index contributed by atoms with van der Waals surface area (Å²) in [5.41, 5.74) is 1.14. The third-order valence-corrected chi connectivity index (χ3v) is 4.09. The van der Waals surface area contributed by atoms with Crippen molar-refractivity contribution in [3.63, 3.8) is 0 Å². The molecule has 1 saturated heterocycles. The van der Waals surface area contributed by atoms with E-state index in [4.69, 9.17) is 4.74 Å². The number of alkyl halides is 1. The molecule has 102 valence electrons. The van der Waals surface area contributed by atoms with Gasteiger partial charge in [-0.2, -0.15) is 5.10 Å². The van der Waals surface area contributed by atoms with Crippen LogP contribution in [0.15, 0.2) is 12.3 Å². The van der Waals surface area contributed by atoms with E-state index in [1.165, 1.54) is 0 Å². The Hall–Kier alpha value is -0.390. The first kappa shape index (κ1) is 14.0. The molecule has 2 rings (SSSR count). The van der Waals surface area contributed by atoms with Crippen molar-refractivity contribution in [1.29, 1.82) is 0 Å². The summed E-state index contributed by atoms with van der Waals surface area (Å²) < 4.78 is 7.75. The predicted octanol–water partition coefficient (Wildman–Crippen LogP) is 2.45. The quantitative estimate of drug-likeness (QED) is 0.800. The van der Waals surface area contributed by atoms with Crippen LogP contribution < -0.4 is 0 Å². The number of hydrogen-bond acceptors (Lipinski definition) is 3. The summed E-state index contributed by atoms with van der Waals surface area (Å²) in [6.45, 7) is 9.20. The van der Waals surface area contributed by atoms with Crippen LogP contribution in [-0.2, 0) is 11.3 Å². The molecule has 0 N–H and O–H groups in total. The zero-order valence-electron chi connectivity index (χ0n) is 11.3. The van der Waals surface area contributed by atoms with Gasteiger partial charge >= 0.3 is 0 Å². The van der Waals surface area contributed by atoms with Crippen LogP contribution in [0.3, 0.4) is 0 Å². The highest BCUT2D eigenvalue weighted by Crippen LogP contribution is 2.16. The normalized spacial score (nSPS) is 25.8. The standard InChI is InChI=1S/C13H22BrN3O/c1-10(2)17-5-4-12(15-17)7-16-8-13(6-14)18-9-11(16)3/h4-5,10-11,13H,6-9H2,1-3H3. The summed E-state index contributed by atoms with van der Waals surface area (Å²) in [5, 5.41) is 5.51. The Kier molecular flexibility index (Phi) is 4.81. The lowest BCUT2D eigenvalue weighted by atomic mass is 10.2. The molecule has 2 atom stereocenters. The third-order valence-electron chi connectivity index (χ3n) is 3.36. The summed E-state index contributed by atoms with van der Waals surface area (Å²) in [6, 6.07) is 3.01. The van der Waals surface area contributed by atoms with Gasteiger partial charge in [0, 0.05) is 36.7 Å². The zero-order valence-corrected chi connectivity index (χ0v) is 12.9. The van der Waals surface area contributed by atoms with Crippen molar-refractivity contribution in [3.8, 4) is 0 Å². The second kappa shape index (κ2) is 6.17. The lowest BCUT2D eigenvalue weighted by Crippen LogP contribution is -2.48. The molecule has 2 unspecified atom stereocenters. The molecule has 0 saturated carbocycles. The lowest BCUT2D eigenvalue weighted by Gasteiger charge is -2.37. The molecule has 4 nitrogen and oxygen atoms in total. The Morgan fingerprint density at radius 1 is 1.56 bits per heavy atom. The molecule has 1 aliphatic heterocycles. The molecule has 0 amide bonds. The lowest BCUT2D eigenvalue weighted by molar-refractivity contribution is -0.0504. The van der Waals surface area contributed by atoms with Crippen molar-refractivity contribution >= 4 is 15.9 Å². The van der Waals surface area contributed by atoms with Crippen molar-refractivity contribution in [3.05, 3.63) is 18.0 Å². The third kappa shape index (κ3) is 3.33. The van der Waals surface area contributed by atoms with Gasteiger partial charge in [0.15, 0.2) is 0 Å². The number of nitrogens with zero attached hydrogens (tertiary/aromatic N) is 3. The zero-order chi connectivity index (χ0) is 13.1. The molecule has 0 aliphatic carbocycles. The van der Waals surface area contributed by atoms with Gasteiger partial charge in [0.2, 0.25) is 0 Å². The molecule has 1 aromatic rings. The highest BCUT2D eigenvalue weighted by molar-refractivity contribution is 9.09. The number of rotatable bonds is 4. The van der Waals surface area contributed by atoms with Crippen LogP contribution in [0, 0.1) is 0 Å². The predicted molar refractivity (Wildman–Crippen MR) is 76.0 cm³/mol. The van der Waals surface area contributed by atoms with Crippen LogP contribution in [0.25, 0.3) is 0 Å². The fraction of sp³-hybridized carbons (Fsp3) is 0.769. The molecule has 18 heavy (non-hydrogen) atoms. The highest BCUT2D eigenvalue weighted by atomic mass is 79.9. The number of morpholine rings is 1. The van der Waals surface area contributed by atoms with Crippen LogP contribution in [0.2, 0.25) is 0 Å². The number of ether oxygens (including phenoxy) is 1. The van der Waals surface area contributed by atoms with Gasteiger partial charge in [-0.1, -0.05) is 15.9 Å². The van der Waals surface area contributed by atoms with Gasteiger partial charge in [0.05, 0.1) is 18.4 Å². The van der Waals surface area contributed by atoms with Gasteiger partial charge in [0.25, 0.3) is 0 Å². The van der Waals surface area contributed by atoms with Crippen LogP contribution in [0.1, 0.15) is 32.5 Å². The van der Waals surface area contributed by atoms with Crippen molar-refractivity contribution in [1.82, 2.24) is 14.7 Å². The van der Waals surface area contributed by atoms with Gasteiger partial charge in [-0.3, -0.25) is 9.58 Å². The number of halogens is 1. The van der Waals surface area contributed by atoms with E-state index in [0.29, 0.717) is 18.2 Å². The largest absolute Gasteiger partial charge is 0.374 e. The first-order valence-corrected chi connectivity index (χ1v) is 7.68. The van der Waals surface area contributed by atoms with Crippen molar-refractivity contribution < 1.29 is 4.74 Å². The maximum atomic E-state index is 5.74. The summed E-state index contributed by atoms with van der Waals surface area (Å²) >= 11 is 3.50. The molecule has 1 fully saturated rings. The van der Waals surface area contributed by atoms with E-state index < -0.39 is 0 Å². The summed E-state index contributed by atoms with van der Waals surface area (Å²) in [5.74, 6) is 0. The van der Waals surface area contributed by atoms with E-state index in [1.54, 1.807) is 0 Å². The molecule has 0 bridgehead atoms. The molecule has 0 aromatic carbocycles. The van der Waals surface area contributed by atoms with Crippen LogP contribution >= 0.6 is 15.9 Å². The molecule has 2 heterocycles. The summed E-state index contributed by atoms with van der Waals surface area (Å²) in [7, 11) is 0. The fourth-order valence-electron chi connectivity index (χ4n) is 2.15. The minimum absolute atomic E-state index is 0.299. The molecule has 5 heteroatoms. The topological polar surface area (TPSA) is 30.3 Å². The molecule has 0 spiro atoms. The van der Waals surface area contributed by atoms with E-state index in [0.717, 1.165) is 30.7 Å². The van der Waals surface area contributed by atoms with E-state index in [1.807, 2.05) is 4.68 Å². The summed E-state index contributed by atoms with van der Waals surface area (Å²) in [6.07, 6.45) is 2.36. The minimum atomic E-state index is 0.299. The monoisotopic (exact) mass is 315 g/mol. The Balaban J connectivity index is 1.98. The van der Waals surface area contributed by atoms with Gasteiger partial charge in [-0.25, -0.2) is 0 Å². The molecular formula is C13H22BrN3O. The van der Waals surface area contributed by atoms with Crippen molar-refractivity contribution in [2.24, 2.45) is 0 Å². The molecule has 1 aliphatic rings. The number of aromatic nitrogens is 2. The average molecular weight is 316 g/mol. The second-order valence-electron chi connectivity index (χ2n) is 5.27. The average Bonchev–Trinajstić information content (AvgIpc) is 2.81. The SMILES string of the molecule is CC1COC(CBr)CN1Cc1ccn(C(C)C)n1. The van der Waals surface area contributed by atoms with Crippen molar-refractivity contribution in [2.45, 2.75) is 45.5 Å². The van der Waals surface area contributed by atoms with Gasteiger partial charge < -0.3 is 4.74 Å². The Morgan fingerprint density at radius 3 is 2.94 bits per heavy atom. The van der Waals surface area contributed by atoms with E-state index in [-0.39, 0.29) is 0 Å². The minimum Gasteiger partial charge on any atom is -0.374 e. The van der Waals surface area contributed by atoms with Gasteiger partial charge in [-0.05, 0) is 26.8 Å². The van der Waals surface area contributed by atoms with Crippen LogP contribution in [0.4, 0.5) is 0 Å². The Bertz CT molecular complexity index is 380. The highest BCUT2D eigenvalue weighted by Gasteiger charge is 2.25. The van der Waals surface area contributed by atoms with Crippen molar-refractivity contribution in [2.75, 3.05) is 18.5 Å². The Morgan fingerprint density at radius 2 is 2.33 bits per heavy atom. The van der Waals surface area contributed by atoms with E-state index in [9.17, 15) is 0 Å². The molecular weight excluding hydrogens is 294 g/mol. The van der Waals surface area contributed by atoms with Crippen LogP contribution in [0.5, 0.6) is 0 Å². The number of hydrogen-bond donors (Lipinski definition) is 0. The van der Waals surface area contributed by atoms with E-state index >= 15 is 0 Å². The van der Waals surface area contributed by atoms with Crippen LogP contribution in [-0.4, -0.2) is 45.3 Å². The second-order valence-corrected chi connectivity index (χ2v) is 5.92. The first-order chi connectivity index (χ1) is 8.60. The fourth-order valence-corrected chi connectivity index (χ4v) is 2.54. The maximum Gasteiger partial charge on any atom is 0.0799 e. The van der Waals surface area contributed by atoms with Gasteiger partial charge in [-0.15, -0.1) is 0 Å². The molecule has 0 radical (unpaired) electrons. The first-order valence-electron chi connectivity index (χ1n) is 6.55.